The molecule has 7 nitrogen and oxygen atoms in total. The number of carbonyl (C=O) groups excluding carboxylic acids is 1. The first-order valence-electron chi connectivity index (χ1n) is 10.1. The van der Waals surface area contributed by atoms with Crippen molar-refractivity contribution in [3.63, 3.8) is 0 Å². The van der Waals surface area contributed by atoms with Gasteiger partial charge in [-0.1, -0.05) is 18.2 Å². The quantitative estimate of drug-likeness (QED) is 0.598. The maximum absolute atomic E-state index is 11.8. The molecule has 1 aliphatic rings. The summed E-state index contributed by atoms with van der Waals surface area (Å²) in [5.74, 6) is 1.64. The van der Waals surface area contributed by atoms with E-state index >= 15 is 0 Å². The Morgan fingerprint density at radius 2 is 1.90 bits per heavy atom. The van der Waals surface area contributed by atoms with Crippen LogP contribution < -0.4 is 15.4 Å². The zero-order valence-electron chi connectivity index (χ0n) is 17.4. The lowest BCUT2D eigenvalue weighted by Gasteiger charge is -2.32. The van der Waals surface area contributed by atoms with Gasteiger partial charge in [-0.2, -0.15) is 0 Å². The van der Waals surface area contributed by atoms with Crippen LogP contribution in [0.15, 0.2) is 41.4 Å². The zero-order chi connectivity index (χ0) is 20.6. The molecular weight excluding hydrogens is 368 g/mol. The fourth-order valence-electron chi connectivity index (χ4n) is 3.51. The number of likely N-dealkylation sites (tertiary alicyclic amines) is 1. The molecular formula is C22H30N4O3. The molecule has 2 aromatic carbocycles. The van der Waals surface area contributed by atoms with Crippen LogP contribution in [0.25, 0.3) is 10.8 Å². The molecule has 0 bridgehead atoms. The second-order valence-electron chi connectivity index (χ2n) is 7.08. The highest BCUT2D eigenvalue weighted by Gasteiger charge is 2.24. The number of aliphatic imine (C=N–C) groups is 1. The molecule has 29 heavy (non-hydrogen) atoms. The molecule has 1 heterocycles. The van der Waals surface area contributed by atoms with E-state index in [9.17, 15) is 4.79 Å². The maximum atomic E-state index is 11.8. The van der Waals surface area contributed by atoms with Gasteiger partial charge in [-0.3, -0.25) is 4.99 Å². The summed E-state index contributed by atoms with van der Waals surface area (Å²) in [5.41, 5.74) is 1.18. The number of nitrogens with one attached hydrogen (secondary N) is 2. The minimum Gasteiger partial charge on any atom is -0.497 e. The highest BCUT2D eigenvalue weighted by Crippen LogP contribution is 2.21. The molecule has 0 aromatic heterocycles. The molecule has 7 heteroatoms. The number of nitrogens with zero attached hydrogens (tertiary/aromatic N) is 2. The fraction of sp³-hybridized carbons (Fsp3) is 0.455. The van der Waals surface area contributed by atoms with Crippen molar-refractivity contribution < 1.29 is 14.3 Å². The molecule has 2 aromatic rings. The van der Waals surface area contributed by atoms with Crippen LogP contribution in [0.3, 0.4) is 0 Å². The van der Waals surface area contributed by atoms with Gasteiger partial charge in [-0.05, 0) is 54.3 Å². The van der Waals surface area contributed by atoms with Crippen molar-refractivity contribution >= 4 is 22.8 Å². The van der Waals surface area contributed by atoms with Gasteiger partial charge in [0.25, 0.3) is 0 Å². The third kappa shape index (κ3) is 5.53. The van der Waals surface area contributed by atoms with Crippen LogP contribution in [0.4, 0.5) is 4.79 Å². The molecule has 1 aliphatic heterocycles. The summed E-state index contributed by atoms with van der Waals surface area (Å²) >= 11 is 0. The minimum absolute atomic E-state index is 0.220. The number of ether oxygens (including phenoxy) is 2. The van der Waals surface area contributed by atoms with Crippen LogP contribution in [0.2, 0.25) is 0 Å². The Bertz CT molecular complexity index is 860. The standard InChI is InChI=1S/C22H30N4O3/c1-4-29-22(27)26-11-9-19(10-12-26)25-21(23-2)24-15-16-5-6-18-14-20(28-3)8-7-17(18)13-16/h5-8,13-14,19H,4,9-12,15H2,1-3H3,(H2,23,24,25). The number of rotatable bonds is 5. The second kappa shape index (κ2) is 10.0. The average molecular weight is 399 g/mol. The minimum atomic E-state index is -0.220. The van der Waals surface area contributed by atoms with Crippen molar-refractivity contribution in [3.8, 4) is 5.75 Å². The van der Waals surface area contributed by atoms with E-state index in [0.717, 1.165) is 29.9 Å². The molecule has 0 spiro atoms. The summed E-state index contributed by atoms with van der Waals surface area (Å²) in [4.78, 5) is 17.9. The number of guanidine groups is 1. The Labute approximate surface area is 172 Å². The van der Waals surface area contributed by atoms with Crippen molar-refractivity contribution in [2.24, 2.45) is 4.99 Å². The lowest BCUT2D eigenvalue weighted by atomic mass is 10.1. The van der Waals surface area contributed by atoms with Crippen molar-refractivity contribution in [3.05, 3.63) is 42.0 Å². The Hall–Kier alpha value is -2.96. The van der Waals surface area contributed by atoms with E-state index in [-0.39, 0.29) is 12.1 Å². The number of fused-ring (bicyclic) bond motifs is 1. The molecule has 3 rings (SSSR count). The molecule has 0 atom stereocenters. The van der Waals surface area contributed by atoms with E-state index in [1.165, 1.54) is 10.9 Å². The zero-order valence-corrected chi connectivity index (χ0v) is 17.4. The van der Waals surface area contributed by atoms with Crippen LogP contribution in [-0.2, 0) is 11.3 Å². The van der Waals surface area contributed by atoms with Crippen LogP contribution in [0, 0.1) is 0 Å². The Balaban J connectivity index is 1.51. The molecule has 0 saturated carbocycles. The third-order valence-electron chi connectivity index (χ3n) is 5.16. The van der Waals surface area contributed by atoms with Crippen molar-refractivity contribution in [2.45, 2.75) is 32.4 Å². The van der Waals surface area contributed by atoms with Gasteiger partial charge in [0.05, 0.1) is 13.7 Å². The molecule has 1 fully saturated rings. The summed E-state index contributed by atoms with van der Waals surface area (Å²) in [6.45, 7) is 4.32. The number of methoxy groups -OCH3 is 1. The van der Waals surface area contributed by atoms with Gasteiger partial charge >= 0.3 is 6.09 Å². The third-order valence-corrected chi connectivity index (χ3v) is 5.16. The van der Waals surface area contributed by atoms with Gasteiger partial charge in [0, 0.05) is 32.7 Å². The summed E-state index contributed by atoms with van der Waals surface area (Å²) in [5, 5.41) is 9.18. The van der Waals surface area contributed by atoms with Crippen molar-refractivity contribution in [1.82, 2.24) is 15.5 Å². The number of piperidine rings is 1. The van der Waals surface area contributed by atoms with E-state index in [0.29, 0.717) is 26.2 Å². The number of hydrogen-bond donors (Lipinski definition) is 2. The van der Waals surface area contributed by atoms with Crippen LogP contribution in [0.1, 0.15) is 25.3 Å². The monoisotopic (exact) mass is 398 g/mol. The van der Waals surface area contributed by atoms with E-state index in [1.807, 2.05) is 19.1 Å². The number of benzene rings is 2. The first-order valence-corrected chi connectivity index (χ1v) is 10.1. The van der Waals surface area contributed by atoms with Crippen molar-refractivity contribution in [2.75, 3.05) is 33.9 Å². The van der Waals surface area contributed by atoms with E-state index < -0.39 is 0 Å². The van der Waals surface area contributed by atoms with Crippen LogP contribution >= 0.6 is 0 Å². The summed E-state index contributed by atoms with van der Waals surface area (Å²) in [6.07, 6.45) is 1.52. The molecule has 1 saturated heterocycles. The topological polar surface area (TPSA) is 75.2 Å². The highest BCUT2D eigenvalue weighted by molar-refractivity contribution is 5.85. The SMILES string of the molecule is CCOC(=O)N1CCC(NC(=NC)NCc2ccc3cc(OC)ccc3c2)CC1. The van der Waals surface area contributed by atoms with E-state index in [4.69, 9.17) is 9.47 Å². The van der Waals surface area contributed by atoms with Crippen LogP contribution in [-0.4, -0.2) is 56.8 Å². The Morgan fingerprint density at radius 3 is 2.59 bits per heavy atom. The molecule has 1 amide bonds. The lowest BCUT2D eigenvalue weighted by molar-refractivity contribution is 0.0963. The predicted molar refractivity (Wildman–Crippen MR) is 115 cm³/mol. The summed E-state index contributed by atoms with van der Waals surface area (Å²) in [7, 11) is 3.45. The van der Waals surface area contributed by atoms with Gasteiger partial charge < -0.3 is 25.0 Å². The number of hydrogen-bond acceptors (Lipinski definition) is 4. The van der Waals surface area contributed by atoms with Gasteiger partial charge in [-0.25, -0.2) is 4.79 Å². The predicted octanol–water partition coefficient (Wildman–Crippen LogP) is 3.13. The van der Waals surface area contributed by atoms with Crippen LogP contribution in [0.5, 0.6) is 5.75 Å². The molecule has 0 aliphatic carbocycles. The van der Waals surface area contributed by atoms with E-state index in [2.05, 4.69) is 39.9 Å². The fourth-order valence-corrected chi connectivity index (χ4v) is 3.51. The highest BCUT2D eigenvalue weighted by atomic mass is 16.6. The molecule has 0 unspecified atom stereocenters. The number of amides is 1. The average Bonchev–Trinajstić information content (AvgIpc) is 2.76. The van der Waals surface area contributed by atoms with Gasteiger partial charge in [-0.15, -0.1) is 0 Å². The largest absolute Gasteiger partial charge is 0.497 e. The van der Waals surface area contributed by atoms with Crippen molar-refractivity contribution in [1.29, 1.82) is 0 Å². The first kappa shape index (κ1) is 20.8. The number of carbonyl (C=O) groups is 1. The maximum Gasteiger partial charge on any atom is 0.409 e. The molecule has 156 valence electrons. The second-order valence-corrected chi connectivity index (χ2v) is 7.08. The van der Waals surface area contributed by atoms with Gasteiger partial charge in [0.2, 0.25) is 0 Å². The Kier molecular flexibility index (Phi) is 7.16. The molecule has 2 N–H and O–H groups in total. The normalized spacial score (nSPS) is 15.3. The summed E-state index contributed by atoms with van der Waals surface area (Å²) in [6, 6.07) is 12.8. The smallest absolute Gasteiger partial charge is 0.409 e. The van der Waals surface area contributed by atoms with Gasteiger partial charge in [0.1, 0.15) is 5.75 Å². The van der Waals surface area contributed by atoms with Gasteiger partial charge in [0.15, 0.2) is 5.96 Å². The summed E-state index contributed by atoms with van der Waals surface area (Å²) < 4.78 is 10.4. The Morgan fingerprint density at radius 1 is 1.17 bits per heavy atom. The lowest BCUT2D eigenvalue weighted by Crippen LogP contribution is -2.49. The first-order chi connectivity index (χ1) is 14.1. The van der Waals surface area contributed by atoms with E-state index in [1.54, 1.807) is 19.1 Å². The molecule has 0 radical (unpaired) electrons.